The molecule has 2 aromatic rings. The van der Waals surface area contributed by atoms with Gasteiger partial charge in [0.25, 0.3) is 0 Å². The zero-order valence-corrected chi connectivity index (χ0v) is 13.7. The molecule has 5 nitrogen and oxygen atoms in total. The molecule has 23 heavy (non-hydrogen) atoms. The Morgan fingerprint density at radius 1 is 1.17 bits per heavy atom. The van der Waals surface area contributed by atoms with Gasteiger partial charge in [0.2, 0.25) is 0 Å². The van der Waals surface area contributed by atoms with E-state index in [1.54, 1.807) is 12.1 Å². The van der Waals surface area contributed by atoms with Crippen molar-refractivity contribution in [2.24, 2.45) is 0 Å². The highest BCUT2D eigenvalue weighted by Gasteiger charge is 2.31. The smallest absolute Gasteiger partial charge is 0.174 e. The number of halogens is 1. The highest BCUT2D eigenvalue weighted by molar-refractivity contribution is 9.10. The molecule has 0 amide bonds. The monoisotopic (exact) mass is 376 g/mol. The van der Waals surface area contributed by atoms with Gasteiger partial charge in [0, 0.05) is 11.1 Å². The van der Waals surface area contributed by atoms with Gasteiger partial charge in [0.1, 0.15) is 18.0 Å². The number of carbonyl (C=O) groups is 1. The van der Waals surface area contributed by atoms with Crippen LogP contribution < -0.4 is 4.74 Å². The number of aldehydes is 1. The van der Waals surface area contributed by atoms with Gasteiger partial charge in [-0.1, -0.05) is 17.7 Å². The number of phenols is 2. The van der Waals surface area contributed by atoms with Crippen molar-refractivity contribution in [1.82, 2.24) is 0 Å². The molecule has 0 aromatic heterocycles. The second-order valence-electron chi connectivity index (χ2n) is 5.27. The number of phenolic OH excluding ortho intramolecular Hbond substituents is 2. The highest BCUT2D eigenvalue weighted by atomic mass is 79.9. The van der Waals surface area contributed by atoms with Gasteiger partial charge in [0.05, 0.1) is 4.47 Å². The number of aryl methyl sites for hydroxylation is 1. The number of aliphatic hydroxyl groups excluding tert-OH is 1. The molecule has 1 heterocycles. The standard InChI is InChI=1S/C17H13BrO5/c1-8-2-5-13-10(6-8)11(7-19)15(21)17(23-13)9-3-4-12(20)16(22)14(9)18/h2-7,11,20-22H,1H3. The maximum atomic E-state index is 11.5. The zero-order valence-electron chi connectivity index (χ0n) is 12.1. The minimum Gasteiger partial charge on any atom is -0.507 e. The number of hydrogen-bond donors (Lipinski definition) is 3. The molecule has 118 valence electrons. The number of hydrogen-bond acceptors (Lipinski definition) is 5. The van der Waals surface area contributed by atoms with Gasteiger partial charge < -0.3 is 24.9 Å². The Bertz CT molecular complexity index is 841. The molecule has 0 bridgehead atoms. The summed E-state index contributed by atoms with van der Waals surface area (Å²) in [6.07, 6.45) is 0.643. The maximum absolute atomic E-state index is 11.5. The van der Waals surface area contributed by atoms with Crippen LogP contribution in [-0.2, 0) is 4.79 Å². The van der Waals surface area contributed by atoms with Crippen LogP contribution in [0.3, 0.4) is 0 Å². The summed E-state index contributed by atoms with van der Waals surface area (Å²) in [6, 6.07) is 8.10. The van der Waals surface area contributed by atoms with Gasteiger partial charge in [-0.3, -0.25) is 0 Å². The van der Waals surface area contributed by atoms with E-state index in [4.69, 9.17) is 4.74 Å². The molecule has 1 unspecified atom stereocenters. The van der Waals surface area contributed by atoms with Crippen LogP contribution in [0, 0.1) is 6.92 Å². The molecule has 3 N–H and O–H groups in total. The Morgan fingerprint density at radius 3 is 2.61 bits per heavy atom. The number of carbonyl (C=O) groups excluding carboxylic acids is 1. The van der Waals surface area contributed by atoms with Crippen LogP contribution in [0.25, 0.3) is 5.76 Å². The van der Waals surface area contributed by atoms with Crippen LogP contribution in [0.1, 0.15) is 22.6 Å². The fourth-order valence-electron chi connectivity index (χ4n) is 2.52. The maximum Gasteiger partial charge on any atom is 0.174 e. The molecule has 0 spiro atoms. The van der Waals surface area contributed by atoms with Crippen LogP contribution in [0.4, 0.5) is 0 Å². The van der Waals surface area contributed by atoms with Gasteiger partial charge in [-0.15, -0.1) is 0 Å². The van der Waals surface area contributed by atoms with Crippen molar-refractivity contribution in [2.45, 2.75) is 12.8 Å². The van der Waals surface area contributed by atoms with E-state index in [2.05, 4.69) is 15.9 Å². The number of benzene rings is 2. The first kappa shape index (κ1) is 15.4. The molecule has 0 radical (unpaired) electrons. The zero-order chi connectivity index (χ0) is 16.7. The third-order valence-corrected chi connectivity index (χ3v) is 4.52. The summed E-state index contributed by atoms with van der Waals surface area (Å²) in [5.41, 5.74) is 1.86. The molecular weight excluding hydrogens is 364 g/mol. The molecule has 1 aliphatic heterocycles. The number of fused-ring (bicyclic) bond motifs is 1. The quantitative estimate of drug-likeness (QED) is 0.548. The Kier molecular flexibility index (Phi) is 3.77. The topological polar surface area (TPSA) is 87.0 Å². The molecule has 0 aliphatic carbocycles. The van der Waals surface area contributed by atoms with Crippen LogP contribution in [-0.4, -0.2) is 21.6 Å². The van der Waals surface area contributed by atoms with Gasteiger partial charge in [-0.2, -0.15) is 0 Å². The molecule has 0 fully saturated rings. The molecule has 0 saturated carbocycles. The fourth-order valence-corrected chi connectivity index (χ4v) is 3.03. The highest BCUT2D eigenvalue weighted by Crippen LogP contribution is 2.45. The van der Waals surface area contributed by atoms with E-state index < -0.39 is 5.92 Å². The van der Waals surface area contributed by atoms with E-state index in [0.717, 1.165) is 5.56 Å². The second kappa shape index (κ2) is 5.62. The third kappa shape index (κ3) is 2.45. The summed E-state index contributed by atoms with van der Waals surface area (Å²) < 4.78 is 5.91. The summed E-state index contributed by atoms with van der Waals surface area (Å²) >= 11 is 3.16. The Balaban J connectivity index is 2.20. The van der Waals surface area contributed by atoms with Crippen molar-refractivity contribution in [3.8, 4) is 17.2 Å². The normalized spacial score (nSPS) is 16.7. The van der Waals surface area contributed by atoms with E-state index in [1.807, 2.05) is 13.0 Å². The lowest BCUT2D eigenvalue weighted by Gasteiger charge is -2.25. The molecule has 6 heteroatoms. The predicted octanol–water partition coefficient (Wildman–Crippen LogP) is 3.77. The van der Waals surface area contributed by atoms with Crippen molar-refractivity contribution in [1.29, 1.82) is 0 Å². The lowest BCUT2D eigenvalue weighted by Crippen LogP contribution is -2.16. The number of allylic oxidation sites excluding steroid dienone is 1. The average molecular weight is 377 g/mol. The van der Waals surface area contributed by atoms with Crippen molar-refractivity contribution in [3.05, 3.63) is 57.3 Å². The summed E-state index contributed by atoms with van der Waals surface area (Å²) in [4.78, 5) is 11.5. The first-order chi connectivity index (χ1) is 10.9. The van der Waals surface area contributed by atoms with Crippen LogP contribution in [0.15, 0.2) is 40.6 Å². The number of aromatic hydroxyl groups is 2. The SMILES string of the molecule is Cc1ccc2c(c1)C(C=O)C(O)=C(c1ccc(O)c(O)c1Br)O2. The predicted molar refractivity (Wildman–Crippen MR) is 87.6 cm³/mol. The molecule has 1 atom stereocenters. The number of aliphatic hydroxyl groups is 1. The van der Waals surface area contributed by atoms with Crippen molar-refractivity contribution >= 4 is 28.0 Å². The van der Waals surface area contributed by atoms with Crippen molar-refractivity contribution in [2.75, 3.05) is 0 Å². The molecule has 1 aliphatic rings. The molecule has 0 saturated heterocycles. The summed E-state index contributed by atoms with van der Waals surface area (Å²) in [7, 11) is 0. The number of ether oxygens (including phenoxy) is 1. The first-order valence-electron chi connectivity index (χ1n) is 6.81. The van der Waals surface area contributed by atoms with Crippen LogP contribution >= 0.6 is 15.9 Å². The average Bonchev–Trinajstić information content (AvgIpc) is 2.53. The van der Waals surface area contributed by atoms with Gasteiger partial charge in [-0.05, 0) is 41.1 Å². The van der Waals surface area contributed by atoms with Crippen molar-refractivity contribution < 1.29 is 24.9 Å². The Labute approximate surface area is 140 Å². The van der Waals surface area contributed by atoms with E-state index in [1.165, 1.54) is 12.1 Å². The van der Waals surface area contributed by atoms with Crippen molar-refractivity contribution in [3.63, 3.8) is 0 Å². The fraction of sp³-hybridized carbons (Fsp3) is 0.118. The lowest BCUT2D eigenvalue weighted by molar-refractivity contribution is -0.109. The van der Waals surface area contributed by atoms with Crippen LogP contribution in [0.5, 0.6) is 17.2 Å². The summed E-state index contributed by atoms with van der Waals surface area (Å²) in [6.45, 7) is 1.88. The minimum absolute atomic E-state index is 0.0561. The minimum atomic E-state index is -0.850. The molecule has 2 aromatic carbocycles. The largest absolute Gasteiger partial charge is 0.507 e. The van der Waals surface area contributed by atoms with E-state index in [-0.39, 0.29) is 27.5 Å². The second-order valence-corrected chi connectivity index (χ2v) is 6.06. The van der Waals surface area contributed by atoms with E-state index in [0.29, 0.717) is 23.2 Å². The van der Waals surface area contributed by atoms with Gasteiger partial charge in [-0.25, -0.2) is 0 Å². The Hall–Kier alpha value is -2.47. The van der Waals surface area contributed by atoms with Crippen LogP contribution in [0.2, 0.25) is 0 Å². The molecule has 3 rings (SSSR count). The van der Waals surface area contributed by atoms with Gasteiger partial charge >= 0.3 is 0 Å². The lowest BCUT2D eigenvalue weighted by atomic mass is 9.92. The first-order valence-corrected chi connectivity index (χ1v) is 7.61. The van der Waals surface area contributed by atoms with E-state index in [9.17, 15) is 20.1 Å². The van der Waals surface area contributed by atoms with Gasteiger partial charge in [0.15, 0.2) is 23.0 Å². The van der Waals surface area contributed by atoms with E-state index >= 15 is 0 Å². The third-order valence-electron chi connectivity index (χ3n) is 3.72. The Morgan fingerprint density at radius 2 is 1.91 bits per heavy atom. The summed E-state index contributed by atoms with van der Waals surface area (Å²) in [5.74, 6) is -1.26. The summed E-state index contributed by atoms with van der Waals surface area (Å²) in [5, 5.41) is 29.8. The number of rotatable bonds is 2. The molecular formula is C17H13BrO5.